The minimum Gasteiger partial charge on any atom is -0.379 e. The largest absolute Gasteiger partial charge is 0.379 e. The molecular formula is C14H19N5OS. The fourth-order valence-corrected chi connectivity index (χ4v) is 2.86. The van der Waals surface area contributed by atoms with E-state index in [-0.39, 0.29) is 0 Å². The van der Waals surface area contributed by atoms with Crippen molar-refractivity contribution >= 4 is 23.1 Å². The van der Waals surface area contributed by atoms with Crippen molar-refractivity contribution in [1.82, 2.24) is 15.0 Å². The van der Waals surface area contributed by atoms with Crippen molar-refractivity contribution in [2.24, 2.45) is 0 Å². The summed E-state index contributed by atoms with van der Waals surface area (Å²) < 4.78 is 5.46. The Morgan fingerprint density at radius 1 is 1.43 bits per heavy atom. The highest BCUT2D eigenvalue weighted by molar-refractivity contribution is 7.09. The molecule has 7 heteroatoms. The zero-order valence-corrected chi connectivity index (χ0v) is 12.8. The van der Waals surface area contributed by atoms with Crippen molar-refractivity contribution in [2.75, 3.05) is 23.8 Å². The molecule has 0 amide bonds. The first-order valence-electron chi connectivity index (χ1n) is 7.12. The molecule has 0 aromatic carbocycles. The maximum Gasteiger partial charge on any atom is 0.224 e. The number of rotatable bonds is 5. The lowest BCUT2D eigenvalue weighted by Crippen LogP contribution is -2.30. The van der Waals surface area contributed by atoms with Crippen molar-refractivity contribution in [2.45, 2.75) is 32.4 Å². The predicted octanol–water partition coefficient (Wildman–Crippen LogP) is 2.44. The Hall–Kier alpha value is -1.73. The maximum absolute atomic E-state index is 5.46. The van der Waals surface area contributed by atoms with E-state index in [0.29, 0.717) is 18.5 Å². The van der Waals surface area contributed by atoms with E-state index in [9.17, 15) is 0 Å². The van der Waals surface area contributed by atoms with Crippen LogP contribution in [0.25, 0.3) is 0 Å². The van der Waals surface area contributed by atoms with Crippen molar-refractivity contribution in [3.8, 4) is 0 Å². The second kappa shape index (κ2) is 6.82. The van der Waals surface area contributed by atoms with Gasteiger partial charge in [0.25, 0.3) is 0 Å². The van der Waals surface area contributed by atoms with Crippen LogP contribution < -0.4 is 10.6 Å². The summed E-state index contributed by atoms with van der Waals surface area (Å²) >= 11 is 1.65. The van der Waals surface area contributed by atoms with E-state index in [0.717, 1.165) is 42.6 Å². The number of nitrogens with zero attached hydrogens (tertiary/aromatic N) is 3. The van der Waals surface area contributed by atoms with E-state index in [4.69, 9.17) is 4.74 Å². The molecule has 1 fully saturated rings. The third kappa shape index (κ3) is 4.12. The highest BCUT2D eigenvalue weighted by Gasteiger charge is 2.14. The SMILES string of the molecule is Cc1nc(CNc2nccc(N[C@@H]3CCCOC3)n2)cs1. The number of hydrogen-bond acceptors (Lipinski definition) is 7. The van der Waals surface area contributed by atoms with Gasteiger partial charge >= 0.3 is 0 Å². The molecule has 0 saturated carbocycles. The number of ether oxygens (including phenoxy) is 1. The molecule has 2 N–H and O–H groups in total. The molecule has 112 valence electrons. The Morgan fingerprint density at radius 2 is 2.38 bits per heavy atom. The Labute approximate surface area is 128 Å². The fraction of sp³-hybridized carbons (Fsp3) is 0.500. The smallest absolute Gasteiger partial charge is 0.224 e. The summed E-state index contributed by atoms with van der Waals surface area (Å²) in [6, 6.07) is 2.22. The predicted molar refractivity (Wildman–Crippen MR) is 83.7 cm³/mol. The number of hydrogen-bond donors (Lipinski definition) is 2. The maximum atomic E-state index is 5.46. The lowest BCUT2D eigenvalue weighted by atomic mass is 10.1. The van der Waals surface area contributed by atoms with Crippen molar-refractivity contribution in [3.05, 3.63) is 28.3 Å². The van der Waals surface area contributed by atoms with E-state index in [1.165, 1.54) is 0 Å². The molecule has 1 saturated heterocycles. The Morgan fingerprint density at radius 3 is 3.14 bits per heavy atom. The van der Waals surface area contributed by atoms with Crippen LogP contribution >= 0.6 is 11.3 Å². The molecular weight excluding hydrogens is 286 g/mol. The second-order valence-corrected chi connectivity index (χ2v) is 6.10. The van der Waals surface area contributed by atoms with Crippen molar-refractivity contribution in [1.29, 1.82) is 0 Å². The van der Waals surface area contributed by atoms with Crippen LogP contribution in [-0.2, 0) is 11.3 Å². The zero-order chi connectivity index (χ0) is 14.5. The molecule has 21 heavy (non-hydrogen) atoms. The molecule has 0 radical (unpaired) electrons. The first kappa shape index (κ1) is 14.2. The van der Waals surface area contributed by atoms with Crippen LogP contribution in [0.15, 0.2) is 17.6 Å². The molecule has 3 heterocycles. The molecule has 2 aromatic rings. The number of anilines is 2. The van der Waals surface area contributed by atoms with Gasteiger partial charge in [0.15, 0.2) is 0 Å². The van der Waals surface area contributed by atoms with Crippen LogP contribution in [0.2, 0.25) is 0 Å². The summed E-state index contributed by atoms with van der Waals surface area (Å²) in [4.78, 5) is 13.1. The zero-order valence-electron chi connectivity index (χ0n) is 12.0. The summed E-state index contributed by atoms with van der Waals surface area (Å²) in [6.45, 7) is 4.24. The molecule has 3 rings (SSSR count). The lowest BCUT2D eigenvalue weighted by molar-refractivity contribution is 0.0875. The van der Waals surface area contributed by atoms with Crippen LogP contribution in [-0.4, -0.2) is 34.2 Å². The van der Waals surface area contributed by atoms with Gasteiger partial charge in [-0.15, -0.1) is 11.3 Å². The average molecular weight is 305 g/mol. The average Bonchev–Trinajstić information content (AvgIpc) is 2.92. The van der Waals surface area contributed by atoms with Crippen LogP contribution in [0, 0.1) is 6.92 Å². The highest BCUT2D eigenvalue weighted by atomic mass is 32.1. The first-order chi connectivity index (χ1) is 10.3. The van der Waals surface area contributed by atoms with Crippen LogP contribution in [0.5, 0.6) is 0 Å². The number of thiazole rings is 1. The van der Waals surface area contributed by atoms with Gasteiger partial charge in [0, 0.05) is 18.2 Å². The van der Waals surface area contributed by atoms with Gasteiger partial charge in [0.1, 0.15) is 5.82 Å². The van der Waals surface area contributed by atoms with Crippen molar-refractivity contribution in [3.63, 3.8) is 0 Å². The van der Waals surface area contributed by atoms with Gasteiger partial charge in [-0.25, -0.2) is 9.97 Å². The standard InChI is InChI=1S/C14H19N5OS/c1-10-17-12(9-21-10)7-16-14-15-5-4-13(19-14)18-11-3-2-6-20-8-11/h4-5,9,11H,2-3,6-8H2,1H3,(H2,15,16,18,19)/t11-/m1/s1. The van der Waals surface area contributed by atoms with E-state index in [1.54, 1.807) is 17.5 Å². The highest BCUT2D eigenvalue weighted by Crippen LogP contribution is 2.14. The van der Waals surface area contributed by atoms with Gasteiger partial charge in [0.05, 0.1) is 29.9 Å². The molecule has 1 aliphatic rings. The third-order valence-corrected chi connectivity index (χ3v) is 4.08. The van der Waals surface area contributed by atoms with Crippen molar-refractivity contribution < 1.29 is 4.74 Å². The minimum absolute atomic E-state index is 0.336. The van der Waals surface area contributed by atoms with Gasteiger partial charge in [-0.3, -0.25) is 0 Å². The van der Waals surface area contributed by atoms with Gasteiger partial charge in [-0.1, -0.05) is 0 Å². The van der Waals surface area contributed by atoms with Gasteiger partial charge in [-0.05, 0) is 25.8 Å². The van der Waals surface area contributed by atoms with Gasteiger partial charge in [0.2, 0.25) is 5.95 Å². The molecule has 6 nitrogen and oxygen atoms in total. The summed E-state index contributed by atoms with van der Waals surface area (Å²) in [7, 11) is 0. The summed E-state index contributed by atoms with van der Waals surface area (Å²) in [5.74, 6) is 1.44. The fourth-order valence-electron chi connectivity index (χ4n) is 2.25. The number of aromatic nitrogens is 3. The molecule has 1 aliphatic heterocycles. The van der Waals surface area contributed by atoms with Crippen LogP contribution in [0.4, 0.5) is 11.8 Å². The lowest BCUT2D eigenvalue weighted by Gasteiger charge is -2.23. The molecule has 0 spiro atoms. The second-order valence-electron chi connectivity index (χ2n) is 5.04. The van der Waals surface area contributed by atoms with Gasteiger partial charge < -0.3 is 15.4 Å². The van der Waals surface area contributed by atoms with E-state index in [1.807, 2.05) is 18.4 Å². The molecule has 2 aromatic heterocycles. The van der Waals surface area contributed by atoms with E-state index >= 15 is 0 Å². The van der Waals surface area contributed by atoms with Crippen LogP contribution in [0.3, 0.4) is 0 Å². The summed E-state index contributed by atoms with van der Waals surface area (Å²) in [5, 5.41) is 9.71. The molecule has 0 unspecified atom stereocenters. The van der Waals surface area contributed by atoms with E-state index < -0.39 is 0 Å². The Balaban J connectivity index is 1.57. The molecule has 0 bridgehead atoms. The summed E-state index contributed by atoms with van der Waals surface area (Å²) in [5.41, 5.74) is 1.01. The Kier molecular flexibility index (Phi) is 4.62. The van der Waals surface area contributed by atoms with E-state index in [2.05, 4.69) is 25.6 Å². The molecule has 1 atom stereocenters. The first-order valence-corrected chi connectivity index (χ1v) is 8.00. The van der Waals surface area contributed by atoms with Crippen LogP contribution in [0.1, 0.15) is 23.5 Å². The molecule has 0 aliphatic carbocycles. The topological polar surface area (TPSA) is 72.0 Å². The minimum atomic E-state index is 0.336. The monoisotopic (exact) mass is 305 g/mol. The van der Waals surface area contributed by atoms with Gasteiger partial charge in [-0.2, -0.15) is 4.98 Å². The quantitative estimate of drug-likeness (QED) is 0.884. The Bertz CT molecular complexity index is 582. The number of nitrogens with one attached hydrogen (secondary N) is 2. The third-order valence-electron chi connectivity index (χ3n) is 3.26. The normalized spacial score (nSPS) is 18.4. The summed E-state index contributed by atoms with van der Waals surface area (Å²) in [6.07, 6.45) is 3.97. The number of aryl methyl sites for hydroxylation is 1.